The quantitative estimate of drug-likeness (QED) is 0.481. The highest BCUT2D eigenvalue weighted by Crippen LogP contribution is 2.30. The molecule has 0 saturated carbocycles. The second kappa shape index (κ2) is 16.2. The first-order chi connectivity index (χ1) is 13.7. The summed E-state index contributed by atoms with van der Waals surface area (Å²) in [5.74, 6) is 1.61. The van der Waals surface area contributed by atoms with Crippen LogP contribution >= 0.6 is 0 Å². The summed E-state index contributed by atoms with van der Waals surface area (Å²) in [7, 11) is 0. The number of amides is 1. The average molecular weight is 393 g/mol. The topological polar surface area (TPSA) is 73.6 Å². The number of benzene rings is 1. The number of aryl methyl sites for hydroxylation is 1. The van der Waals surface area contributed by atoms with Gasteiger partial charge in [0.05, 0.1) is 0 Å². The molecule has 0 aliphatic carbocycles. The maximum absolute atomic E-state index is 10.3. The van der Waals surface area contributed by atoms with E-state index < -0.39 is 0 Å². The fourth-order valence-electron chi connectivity index (χ4n) is 2.99. The minimum atomic E-state index is -0.170. The van der Waals surface area contributed by atoms with Gasteiger partial charge in [-0.2, -0.15) is 0 Å². The van der Waals surface area contributed by atoms with Crippen LogP contribution in [0.4, 0.5) is 0 Å². The van der Waals surface area contributed by atoms with Crippen molar-refractivity contribution in [1.82, 2.24) is 5.32 Å². The summed E-state index contributed by atoms with van der Waals surface area (Å²) in [6, 6.07) is 6.27. The molecule has 160 valence electrons. The average Bonchev–Trinajstić information content (AvgIpc) is 2.70. The van der Waals surface area contributed by atoms with E-state index >= 15 is 0 Å². The van der Waals surface area contributed by atoms with Gasteiger partial charge in [-0.25, -0.2) is 0 Å². The van der Waals surface area contributed by atoms with Crippen LogP contribution in [0.15, 0.2) is 18.2 Å². The fourth-order valence-corrected chi connectivity index (χ4v) is 2.99. The van der Waals surface area contributed by atoms with Gasteiger partial charge in [0.25, 0.3) is 0 Å². The Morgan fingerprint density at radius 3 is 2.32 bits per heavy atom. The van der Waals surface area contributed by atoms with Gasteiger partial charge >= 0.3 is 0 Å². The molecule has 0 aromatic heterocycles. The van der Waals surface area contributed by atoms with E-state index in [1.165, 1.54) is 44.1 Å². The van der Waals surface area contributed by atoms with Crippen LogP contribution in [0.2, 0.25) is 0 Å². The first-order valence-corrected chi connectivity index (χ1v) is 11.0. The Kier molecular flexibility index (Phi) is 14.1. The van der Waals surface area contributed by atoms with Crippen molar-refractivity contribution in [2.24, 2.45) is 5.73 Å². The molecule has 0 unspecified atom stereocenters. The molecule has 28 heavy (non-hydrogen) atoms. The van der Waals surface area contributed by atoms with Crippen molar-refractivity contribution in [1.29, 1.82) is 0 Å². The van der Waals surface area contributed by atoms with Gasteiger partial charge in [0.1, 0.15) is 13.2 Å². The number of nitrogens with two attached hydrogens (primary N) is 1. The maximum Gasteiger partial charge on any atom is 0.217 e. The van der Waals surface area contributed by atoms with Gasteiger partial charge in [-0.05, 0) is 56.5 Å². The van der Waals surface area contributed by atoms with Gasteiger partial charge < -0.3 is 20.5 Å². The van der Waals surface area contributed by atoms with Gasteiger partial charge in [-0.3, -0.25) is 4.79 Å². The number of rotatable bonds is 13. The molecule has 1 aliphatic heterocycles. The standard InChI is InChI=1S/C15H23NO2.C8H17NO/c1-2-3-8-16-9-4-5-13-6-7-14-15(12-13)18-11-10-17-14;1-2-3-4-5-6-7-8(9)10/h6-7,12,16H,2-5,8-11H2,1H3;2-7H2,1H3,(H2,9,10). The minimum Gasteiger partial charge on any atom is -0.486 e. The minimum absolute atomic E-state index is 0.170. The number of fused-ring (bicyclic) bond motifs is 1. The zero-order chi connectivity index (χ0) is 20.5. The first-order valence-electron chi connectivity index (χ1n) is 11.0. The predicted molar refractivity (Wildman–Crippen MR) is 116 cm³/mol. The van der Waals surface area contributed by atoms with Crippen molar-refractivity contribution in [3.05, 3.63) is 23.8 Å². The molecule has 5 heteroatoms. The van der Waals surface area contributed by atoms with Crippen LogP contribution in [0.1, 0.15) is 77.2 Å². The zero-order valence-corrected chi connectivity index (χ0v) is 17.9. The molecular formula is C23H40N2O3. The van der Waals surface area contributed by atoms with E-state index in [4.69, 9.17) is 15.2 Å². The van der Waals surface area contributed by atoms with E-state index in [9.17, 15) is 4.79 Å². The Morgan fingerprint density at radius 2 is 1.61 bits per heavy atom. The molecule has 0 bridgehead atoms. The van der Waals surface area contributed by atoms with Crippen LogP contribution in [0.3, 0.4) is 0 Å². The third kappa shape index (κ3) is 11.9. The van der Waals surface area contributed by atoms with E-state index in [0.717, 1.165) is 43.9 Å². The van der Waals surface area contributed by atoms with Crippen molar-refractivity contribution in [3.63, 3.8) is 0 Å². The van der Waals surface area contributed by atoms with Gasteiger partial charge in [-0.1, -0.05) is 52.0 Å². The zero-order valence-electron chi connectivity index (χ0n) is 17.9. The lowest BCUT2D eigenvalue weighted by atomic mass is 10.1. The van der Waals surface area contributed by atoms with E-state index in [1.54, 1.807) is 0 Å². The van der Waals surface area contributed by atoms with E-state index in [-0.39, 0.29) is 5.91 Å². The summed E-state index contributed by atoms with van der Waals surface area (Å²) in [5.41, 5.74) is 6.30. The Balaban J connectivity index is 0.000000336. The highest BCUT2D eigenvalue weighted by atomic mass is 16.6. The Labute approximate surface area is 171 Å². The van der Waals surface area contributed by atoms with Crippen LogP contribution in [0, 0.1) is 0 Å². The van der Waals surface area contributed by atoms with Crippen LogP contribution in [0.5, 0.6) is 11.5 Å². The number of carbonyl (C=O) groups is 1. The SMILES string of the molecule is CCCCCCCC(N)=O.CCCCNCCCc1ccc2c(c1)OCCO2. The molecule has 1 amide bonds. The fraction of sp³-hybridized carbons (Fsp3) is 0.696. The first kappa shape index (κ1) is 24.3. The van der Waals surface area contributed by atoms with E-state index in [1.807, 2.05) is 6.07 Å². The molecule has 0 atom stereocenters. The monoisotopic (exact) mass is 392 g/mol. The third-order valence-electron chi connectivity index (χ3n) is 4.66. The molecule has 1 aromatic rings. The highest BCUT2D eigenvalue weighted by molar-refractivity contribution is 5.73. The second-order valence-corrected chi connectivity index (χ2v) is 7.32. The van der Waals surface area contributed by atoms with Crippen molar-refractivity contribution < 1.29 is 14.3 Å². The number of carbonyl (C=O) groups excluding carboxylic acids is 1. The van der Waals surface area contributed by atoms with Crippen LogP contribution < -0.4 is 20.5 Å². The lowest BCUT2D eigenvalue weighted by molar-refractivity contribution is -0.118. The molecule has 0 spiro atoms. The van der Waals surface area contributed by atoms with Gasteiger partial charge in [0, 0.05) is 6.42 Å². The number of hydrogen-bond acceptors (Lipinski definition) is 4. The molecule has 1 aliphatic rings. The van der Waals surface area contributed by atoms with Crippen molar-refractivity contribution >= 4 is 5.91 Å². The number of hydrogen-bond donors (Lipinski definition) is 2. The lowest BCUT2D eigenvalue weighted by Gasteiger charge is -2.18. The second-order valence-electron chi connectivity index (χ2n) is 7.32. The molecule has 1 heterocycles. The third-order valence-corrected chi connectivity index (χ3v) is 4.66. The van der Waals surface area contributed by atoms with Crippen molar-refractivity contribution in [3.8, 4) is 11.5 Å². The molecule has 3 N–H and O–H groups in total. The molecule has 0 fully saturated rings. The van der Waals surface area contributed by atoms with Crippen molar-refractivity contribution in [2.45, 2.75) is 78.1 Å². The van der Waals surface area contributed by atoms with E-state index in [0.29, 0.717) is 19.6 Å². The summed E-state index contributed by atoms with van der Waals surface area (Å²) in [4.78, 5) is 10.3. The lowest BCUT2D eigenvalue weighted by Crippen LogP contribution is -2.17. The molecular weight excluding hydrogens is 352 g/mol. The largest absolute Gasteiger partial charge is 0.486 e. The Bertz CT molecular complexity index is 535. The summed E-state index contributed by atoms with van der Waals surface area (Å²) in [6.07, 6.45) is 11.2. The maximum atomic E-state index is 10.3. The highest BCUT2D eigenvalue weighted by Gasteiger charge is 2.11. The van der Waals surface area contributed by atoms with Crippen LogP contribution in [-0.2, 0) is 11.2 Å². The molecule has 5 nitrogen and oxygen atoms in total. The van der Waals surface area contributed by atoms with Gasteiger partial charge in [0.2, 0.25) is 5.91 Å². The van der Waals surface area contributed by atoms with E-state index in [2.05, 4.69) is 31.3 Å². The summed E-state index contributed by atoms with van der Waals surface area (Å²) in [5, 5.41) is 3.46. The molecule has 0 saturated heterocycles. The number of nitrogens with one attached hydrogen (secondary N) is 1. The number of ether oxygens (including phenoxy) is 2. The summed E-state index contributed by atoms with van der Waals surface area (Å²) < 4.78 is 11.1. The Hall–Kier alpha value is -1.75. The van der Waals surface area contributed by atoms with Gasteiger partial charge in [-0.15, -0.1) is 0 Å². The number of unbranched alkanes of at least 4 members (excludes halogenated alkanes) is 5. The number of primary amides is 1. The van der Waals surface area contributed by atoms with Crippen molar-refractivity contribution in [2.75, 3.05) is 26.3 Å². The molecule has 0 radical (unpaired) electrons. The van der Waals surface area contributed by atoms with Gasteiger partial charge in [0.15, 0.2) is 11.5 Å². The predicted octanol–water partition coefficient (Wildman–Crippen LogP) is 4.61. The normalized spacial score (nSPS) is 12.2. The van der Waals surface area contributed by atoms with Crippen LogP contribution in [0.25, 0.3) is 0 Å². The summed E-state index contributed by atoms with van der Waals surface area (Å²) in [6.45, 7) is 7.94. The smallest absolute Gasteiger partial charge is 0.217 e. The molecule has 1 aromatic carbocycles. The Morgan fingerprint density at radius 1 is 0.929 bits per heavy atom. The van der Waals surface area contributed by atoms with Crippen LogP contribution in [-0.4, -0.2) is 32.2 Å². The summed E-state index contributed by atoms with van der Waals surface area (Å²) >= 11 is 0. The molecule has 2 rings (SSSR count).